The first-order valence-electron chi connectivity index (χ1n) is 5.06. The Hall–Kier alpha value is -0.0800. The van der Waals surface area contributed by atoms with Crippen molar-refractivity contribution >= 4 is 0 Å². The highest BCUT2D eigenvalue weighted by Gasteiger charge is 2.28. The molecule has 0 unspecified atom stereocenters. The van der Waals surface area contributed by atoms with Gasteiger partial charge in [0.25, 0.3) is 0 Å². The van der Waals surface area contributed by atoms with Gasteiger partial charge in [-0.1, -0.05) is 6.42 Å². The van der Waals surface area contributed by atoms with E-state index in [1.54, 1.807) is 0 Å². The van der Waals surface area contributed by atoms with Gasteiger partial charge in [-0.25, -0.2) is 0 Å². The monoisotopic (exact) mass is 170 g/mol. The molecular weight excluding hydrogens is 148 g/mol. The van der Waals surface area contributed by atoms with Crippen LogP contribution >= 0.6 is 0 Å². The lowest BCUT2D eigenvalue weighted by Crippen LogP contribution is -2.49. The molecule has 1 N–H and O–H groups in total. The standard InChI is InChI=1S/C10H22N2/c1-10(2)6-4-5-8-12(10)9-7-11-3/h11H,4-9H2,1-3H3. The van der Waals surface area contributed by atoms with Crippen LogP contribution < -0.4 is 5.32 Å². The van der Waals surface area contributed by atoms with E-state index in [-0.39, 0.29) is 0 Å². The van der Waals surface area contributed by atoms with E-state index in [4.69, 9.17) is 0 Å². The zero-order valence-electron chi connectivity index (χ0n) is 8.69. The second kappa shape index (κ2) is 4.24. The fraction of sp³-hybridized carbons (Fsp3) is 1.00. The zero-order valence-corrected chi connectivity index (χ0v) is 8.69. The summed E-state index contributed by atoms with van der Waals surface area (Å²) in [6, 6.07) is 0. The molecule has 2 heteroatoms. The molecule has 1 heterocycles. The summed E-state index contributed by atoms with van der Waals surface area (Å²) in [6.07, 6.45) is 4.15. The average molecular weight is 170 g/mol. The molecule has 12 heavy (non-hydrogen) atoms. The molecule has 0 bridgehead atoms. The van der Waals surface area contributed by atoms with Crippen molar-refractivity contribution in [2.75, 3.05) is 26.7 Å². The van der Waals surface area contributed by atoms with Gasteiger partial charge in [-0.2, -0.15) is 0 Å². The van der Waals surface area contributed by atoms with Gasteiger partial charge in [0.2, 0.25) is 0 Å². The lowest BCUT2D eigenvalue weighted by molar-refractivity contribution is 0.0787. The van der Waals surface area contributed by atoms with Crippen molar-refractivity contribution < 1.29 is 0 Å². The second-order valence-corrected chi connectivity index (χ2v) is 4.36. The third kappa shape index (κ3) is 2.46. The average Bonchev–Trinajstić information content (AvgIpc) is 2.02. The van der Waals surface area contributed by atoms with E-state index in [2.05, 4.69) is 24.1 Å². The van der Waals surface area contributed by atoms with Crippen LogP contribution in [0.15, 0.2) is 0 Å². The summed E-state index contributed by atoms with van der Waals surface area (Å²) in [7, 11) is 2.02. The molecule has 0 aliphatic carbocycles. The SMILES string of the molecule is CNCCN1CCCCC1(C)C. The molecule has 0 aromatic rings. The fourth-order valence-electron chi connectivity index (χ4n) is 1.98. The van der Waals surface area contributed by atoms with Crippen molar-refractivity contribution in [3.05, 3.63) is 0 Å². The van der Waals surface area contributed by atoms with Gasteiger partial charge in [-0.15, -0.1) is 0 Å². The minimum absolute atomic E-state index is 0.440. The van der Waals surface area contributed by atoms with Gasteiger partial charge in [0.15, 0.2) is 0 Å². The molecule has 0 saturated carbocycles. The quantitative estimate of drug-likeness (QED) is 0.690. The van der Waals surface area contributed by atoms with Crippen molar-refractivity contribution in [2.45, 2.75) is 38.6 Å². The predicted molar refractivity (Wildman–Crippen MR) is 53.4 cm³/mol. The van der Waals surface area contributed by atoms with Gasteiger partial charge in [-0.3, -0.25) is 4.90 Å². The van der Waals surface area contributed by atoms with E-state index in [0.29, 0.717) is 5.54 Å². The van der Waals surface area contributed by atoms with Crippen LogP contribution in [-0.2, 0) is 0 Å². The summed E-state index contributed by atoms with van der Waals surface area (Å²) in [6.45, 7) is 8.32. The number of piperidine rings is 1. The summed E-state index contributed by atoms with van der Waals surface area (Å²) in [5.41, 5.74) is 0.440. The van der Waals surface area contributed by atoms with Crippen LogP contribution in [-0.4, -0.2) is 37.1 Å². The first-order valence-corrected chi connectivity index (χ1v) is 5.06. The second-order valence-electron chi connectivity index (χ2n) is 4.36. The molecule has 0 amide bonds. The molecule has 0 aromatic heterocycles. The number of nitrogens with zero attached hydrogens (tertiary/aromatic N) is 1. The molecule has 1 aliphatic heterocycles. The van der Waals surface area contributed by atoms with E-state index in [0.717, 1.165) is 6.54 Å². The molecule has 1 rings (SSSR count). The van der Waals surface area contributed by atoms with Crippen LogP contribution in [0.3, 0.4) is 0 Å². The lowest BCUT2D eigenvalue weighted by Gasteiger charge is -2.42. The summed E-state index contributed by atoms with van der Waals surface area (Å²) in [4.78, 5) is 2.60. The number of nitrogens with one attached hydrogen (secondary N) is 1. The van der Waals surface area contributed by atoms with Gasteiger partial charge in [0.05, 0.1) is 0 Å². The Morgan fingerprint density at radius 3 is 2.67 bits per heavy atom. The topological polar surface area (TPSA) is 15.3 Å². The van der Waals surface area contributed by atoms with Crippen molar-refractivity contribution in [3.8, 4) is 0 Å². The molecule has 0 spiro atoms. The summed E-state index contributed by atoms with van der Waals surface area (Å²) in [5.74, 6) is 0. The number of hydrogen-bond acceptors (Lipinski definition) is 2. The van der Waals surface area contributed by atoms with Gasteiger partial charge < -0.3 is 5.32 Å². The maximum atomic E-state index is 3.21. The van der Waals surface area contributed by atoms with Crippen molar-refractivity contribution in [1.82, 2.24) is 10.2 Å². The van der Waals surface area contributed by atoms with Crippen LogP contribution in [0.4, 0.5) is 0 Å². The first kappa shape index (κ1) is 10.0. The van der Waals surface area contributed by atoms with Gasteiger partial charge in [0, 0.05) is 18.6 Å². The summed E-state index contributed by atoms with van der Waals surface area (Å²) in [5, 5.41) is 3.21. The fourth-order valence-corrected chi connectivity index (χ4v) is 1.98. The van der Waals surface area contributed by atoms with E-state index in [1.807, 2.05) is 7.05 Å². The Kier molecular flexibility index (Phi) is 3.53. The Morgan fingerprint density at radius 2 is 2.08 bits per heavy atom. The highest BCUT2D eigenvalue weighted by molar-refractivity contribution is 4.85. The molecule has 2 nitrogen and oxygen atoms in total. The smallest absolute Gasteiger partial charge is 0.0153 e. The molecule has 0 aromatic carbocycles. The minimum Gasteiger partial charge on any atom is -0.318 e. The zero-order chi connectivity index (χ0) is 9.03. The first-order chi connectivity index (χ1) is 5.67. The van der Waals surface area contributed by atoms with Crippen LogP contribution in [0.25, 0.3) is 0 Å². The molecule has 0 radical (unpaired) electrons. The van der Waals surface area contributed by atoms with E-state index < -0.39 is 0 Å². The summed E-state index contributed by atoms with van der Waals surface area (Å²) >= 11 is 0. The van der Waals surface area contributed by atoms with Crippen LogP contribution in [0.1, 0.15) is 33.1 Å². The number of hydrogen-bond donors (Lipinski definition) is 1. The molecule has 1 aliphatic rings. The lowest BCUT2D eigenvalue weighted by atomic mass is 9.90. The molecule has 1 saturated heterocycles. The maximum Gasteiger partial charge on any atom is 0.0153 e. The molecule has 0 atom stereocenters. The Bertz CT molecular complexity index is 132. The van der Waals surface area contributed by atoms with Crippen LogP contribution in [0.2, 0.25) is 0 Å². The van der Waals surface area contributed by atoms with Gasteiger partial charge in [0.1, 0.15) is 0 Å². The third-order valence-corrected chi connectivity index (χ3v) is 2.95. The van der Waals surface area contributed by atoms with Crippen LogP contribution in [0.5, 0.6) is 0 Å². The largest absolute Gasteiger partial charge is 0.318 e. The maximum absolute atomic E-state index is 3.21. The number of likely N-dealkylation sites (N-methyl/N-ethyl adjacent to an activating group) is 1. The number of rotatable bonds is 3. The van der Waals surface area contributed by atoms with E-state index in [1.165, 1.54) is 32.4 Å². The highest BCUT2D eigenvalue weighted by Crippen LogP contribution is 2.26. The summed E-state index contributed by atoms with van der Waals surface area (Å²) < 4.78 is 0. The Balaban J connectivity index is 2.37. The van der Waals surface area contributed by atoms with E-state index in [9.17, 15) is 0 Å². The third-order valence-electron chi connectivity index (χ3n) is 2.95. The highest BCUT2D eigenvalue weighted by atomic mass is 15.2. The molecular formula is C10H22N2. The van der Waals surface area contributed by atoms with Crippen LogP contribution in [0, 0.1) is 0 Å². The van der Waals surface area contributed by atoms with Crippen molar-refractivity contribution in [3.63, 3.8) is 0 Å². The van der Waals surface area contributed by atoms with Crippen molar-refractivity contribution in [2.24, 2.45) is 0 Å². The Morgan fingerprint density at radius 1 is 1.33 bits per heavy atom. The van der Waals surface area contributed by atoms with Gasteiger partial charge >= 0.3 is 0 Å². The number of likely N-dealkylation sites (tertiary alicyclic amines) is 1. The Labute approximate surface area is 76.3 Å². The van der Waals surface area contributed by atoms with E-state index >= 15 is 0 Å². The molecule has 72 valence electrons. The predicted octanol–water partition coefficient (Wildman–Crippen LogP) is 1.47. The van der Waals surface area contributed by atoms with Gasteiger partial charge in [-0.05, 0) is 40.3 Å². The van der Waals surface area contributed by atoms with Crippen molar-refractivity contribution in [1.29, 1.82) is 0 Å². The normalized spacial score (nSPS) is 24.2. The minimum atomic E-state index is 0.440. The molecule has 1 fully saturated rings.